The zero-order valence-electron chi connectivity index (χ0n) is 68.6. The Bertz CT molecular complexity index is 3280. The number of halogens is 1. The lowest BCUT2D eigenvalue weighted by molar-refractivity contribution is -0.175. The number of fused-ring (bicyclic) bond motifs is 20. The van der Waals surface area contributed by atoms with E-state index in [1.165, 1.54) is 139 Å². The number of rotatable bonds is 3. The Labute approximate surface area is 682 Å². The SMILES string of the molecule is C.C.C.C.CC(=O)Cl.C[C@]12CC[C@@H](O)C[C@H]1CC[C@@H]1[C@@H]2[C@@H](O)C[C@]2(C)C(=O)CC[C@@H]12.[C-]#[N+]/C=C1/CCC2[C@@H]3CC[C@@H]4C[C@H](C)CC[C@]4(C)[C@H]3[C@@H](C)C[C@]12C.[C-]#[N+]/C=C1/CCC2[C@@H]3CC[C@@H]4C[C@H](O)CC[C@]4(C)[C@H]3[C@@H](O)C[C@]12C.[C-]#[N+]/C=C1/CC[C@H]2[C@@H]3CC[C@@H]4C[C@H](O)CC[C@]4(C)[C@H]3[C@@H](C)C[C@]12C.[C-]#[N+]CP(C)(=O)OCC. The lowest BCUT2D eigenvalue weighted by Crippen LogP contribution is -2.59. The van der Waals surface area contributed by atoms with Crippen molar-refractivity contribution in [2.75, 3.05) is 19.6 Å². The fourth-order valence-electron chi connectivity index (χ4n) is 31.5. The van der Waals surface area contributed by atoms with Crippen LogP contribution in [0.1, 0.15) is 325 Å². The van der Waals surface area contributed by atoms with E-state index >= 15 is 0 Å². The second-order valence-corrected chi connectivity index (χ2v) is 44.3. The van der Waals surface area contributed by atoms with Crippen LogP contribution in [0, 0.1) is 182 Å². The summed E-state index contributed by atoms with van der Waals surface area (Å²) in [4.78, 5) is 35.4. The van der Waals surface area contributed by atoms with E-state index in [1.54, 1.807) is 13.1 Å². The van der Waals surface area contributed by atoms with Crippen molar-refractivity contribution in [2.45, 2.75) is 356 Å². The first-order chi connectivity index (χ1) is 50.4. The number of nitrogens with zero attached hydrogens (tertiary/aromatic N) is 4. The van der Waals surface area contributed by atoms with Crippen LogP contribution in [-0.2, 0) is 18.7 Å². The lowest BCUT2D eigenvalue weighted by Gasteiger charge is -2.63. The Balaban J connectivity index is 0.000000193. The number of carbonyl (C=O) groups is 2. The van der Waals surface area contributed by atoms with Crippen LogP contribution in [0.25, 0.3) is 19.4 Å². The first-order valence-corrected chi connectivity index (χ1v) is 45.9. The van der Waals surface area contributed by atoms with Gasteiger partial charge >= 0.3 is 0 Å². The Hall–Kier alpha value is -3.20. The molecule has 0 spiro atoms. The van der Waals surface area contributed by atoms with Gasteiger partial charge in [0, 0.05) is 25.4 Å². The molecule has 0 bridgehead atoms. The lowest BCUT2D eigenvalue weighted by atomic mass is 9.42. The average molecular weight is 1580 g/mol. The van der Waals surface area contributed by atoms with Gasteiger partial charge in [-0.1, -0.05) is 129 Å². The highest BCUT2D eigenvalue weighted by molar-refractivity contribution is 7.58. The maximum absolute atomic E-state index is 12.4. The summed E-state index contributed by atoms with van der Waals surface area (Å²) in [6.07, 6.45) is 41.3. The van der Waals surface area contributed by atoms with Crippen molar-refractivity contribution >= 4 is 30.0 Å². The monoisotopic (exact) mass is 1580 g/mol. The highest BCUT2D eigenvalue weighted by atomic mass is 35.5. The third-order valence-electron chi connectivity index (χ3n) is 35.8. The molecule has 13 nitrogen and oxygen atoms in total. The molecular formula is C96H158ClN4O9P. The van der Waals surface area contributed by atoms with Crippen LogP contribution in [0.3, 0.4) is 0 Å². The van der Waals surface area contributed by atoms with Crippen molar-refractivity contribution in [1.29, 1.82) is 0 Å². The van der Waals surface area contributed by atoms with Crippen LogP contribution in [0.4, 0.5) is 0 Å². The molecule has 5 N–H and O–H groups in total. The maximum Gasteiger partial charge on any atom is 0.287 e. The van der Waals surface area contributed by atoms with Crippen LogP contribution < -0.4 is 0 Å². The summed E-state index contributed by atoms with van der Waals surface area (Å²) in [6.45, 7) is 60.1. The van der Waals surface area contributed by atoms with Gasteiger partial charge in [0.1, 0.15) is 5.78 Å². The third-order valence-corrected chi connectivity index (χ3v) is 37.3. The van der Waals surface area contributed by atoms with Crippen molar-refractivity contribution in [1.82, 2.24) is 0 Å². The average Bonchev–Trinajstić information content (AvgIpc) is 1.71. The van der Waals surface area contributed by atoms with Crippen molar-refractivity contribution < 1.29 is 44.2 Å². The molecule has 16 aliphatic carbocycles. The van der Waals surface area contributed by atoms with E-state index in [9.17, 15) is 39.7 Å². The second-order valence-electron chi connectivity index (χ2n) is 41.2. The van der Waals surface area contributed by atoms with Gasteiger partial charge in [-0.25, -0.2) is 21.1 Å². The van der Waals surface area contributed by atoms with Crippen LogP contribution in [-0.4, -0.2) is 86.6 Å². The van der Waals surface area contributed by atoms with E-state index in [0.717, 1.165) is 155 Å². The summed E-state index contributed by atoms with van der Waals surface area (Å²) in [5.41, 5.74) is 5.98. The molecule has 16 aliphatic rings. The molecule has 0 saturated heterocycles. The van der Waals surface area contributed by atoms with Gasteiger partial charge in [-0.3, -0.25) is 14.2 Å². The number of ketones is 1. The smallest absolute Gasteiger partial charge is 0.287 e. The minimum Gasteiger partial charge on any atom is -0.393 e. The first-order valence-electron chi connectivity index (χ1n) is 43.2. The molecule has 0 aliphatic heterocycles. The fourth-order valence-corrected chi connectivity index (χ4v) is 32.3. The molecule has 628 valence electrons. The molecule has 16 saturated carbocycles. The van der Waals surface area contributed by atoms with Crippen molar-refractivity contribution in [3.8, 4) is 0 Å². The van der Waals surface area contributed by atoms with Gasteiger partial charge in [-0.2, -0.15) is 0 Å². The highest BCUT2D eigenvalue weighted by Crippen LogP contribution is 2.73. The quantitative estimate of drug-likeness (QED) is 0.104. The Morgan fingerprint density at radius 1 is 0.468 bits per heavy atom. The van der Waals surface area contributed by atoms with E-state index in [1.807, 2.05) is 12.4 Å². The van der Waals surface area contributed by atoms with Crippen LogP contribution >= 0.6 is 19.0 Å². The third kappa shape index (κ3) is 17.6. The van der Waals surface area contributed by atoms with E-state index in [0.29, 0.717) is 82.4 Å². The minimum absolute atomic E-state index is 0. The summed E-state index contributed by atoms with van der Waals surface area (Å²) < 4.78 is 15.8. The number of hydrogen-bond acceptors (Lipinski definition) is 9. The number of aliphatic hydroxyl groups is 5. The molecule has 15 heteroatoms. The molecule has 0 aromatic rings. The molecule has 0 amide bonds. The van der Waals surface area contributed by atoms with Crippen molar-refractivity contribution in [2.24, 2.45) is 156 Å². The molecule has 16 fully saturated rings. The molecule has 0 heterocycles. The molecular weight excluding hydrogens is 1420 g/mol. The van der Waals surface area contributed by atoms with Gasteiger partial charge in [0.05, 0.1) is 56.8 Å². The Kier molecular flexibility index (Phi) is 31.6. The highest BCUT2D eigenvalue weighted by Gasteiger charge is 2.67. The van der Waals surface area contributed by atoms with Crippen LogP contribution in [0.2, 0.25) is 0 Å². The summed E-state index contributed by atoms with van der Waals surface area (Å²) in [7, 11) is -2.55. The van der Waals surface area contributed by atoms with Gasteiger partial charge in [0.25, 0.3) is 13.7 Å². The van der Waals surface area contributed by atoms with E-state index in [4.69, 9.17) is 30.8 Å². The first kappa shape index (κ1) is 94.9. The predicted molar refractivity (Wildman–Crippen MR) is 455 cm³/mol. The summed E-state index contributed by atoms with van der Waals surface area (Å²) in [5.74, 6) is 13.8. The molecule has 3 unspecified atom stereocenters. The zero-order valence-corrected chi connectivity index (χ0v) is 70.3. The second kappa shape index (κ2) is 37.0. The van der Waals surface area contributed by atoms with Crippen LogP contribution in [0.15, 0.2) is 35.3 Å². The minimum atomic E-state index is -2.55. The molecule has 0 aromatic heterocycles. The fraction of sp³-hybridized carbons (Fsp3) is 0.875. The normalized spacial score (nSPS) is 48.9. The van der Waals surface area contributed by atoms with Gasteiger partial charge < -0.3 is 34.9 Å². The predicted octanol–water partition coefficient (Wildman–Crippen LogP) is 24.4. The maximum atomic E-state index is 12.4. The summed E-state index contributed by atoms with van der Waals surface area (Å²) in [6, 6.07) is 0. The number of Topliss-reactive ketones (excluding diaryl/α,β-unsaturated/α-hetero) is 1. The van der Waals surface area contributed by atoms with Crippen molar-refractivity contribution in [3.63, 3.8) is 0 Å². The molecule has 0 aromatic carbocycles. The number of allylic oxidation sites excluding steroid dienone is 3. The van der Waals surface area contributed by atoms with E-state index in [-0.39, 0.29) is 98.8 Å². The molecule has 0 radical (unpaired) electrons. The van der Waals surface area contributed by atoms with Gasteiger partial charge in [0.15, 0.2) is 18.6 Å². The topological polar surface area (TPSA) is 179 Å². The van der Waals surface area contributed by atoms with Crippen LogP contribution in [0.5, 0.6) is 0 Å². The number of carbonyl (C=O) groups excluding carboxylic acids is 2. The van der Waals surface area contributed by atoms with E-state index in [2.05, 4.69) is 107 Å². The Morgan fingerprint density at radius 3 is 1.11 bits per heavy atom. The van der Waals surface area contributed by atoms with Gasteiger partial charge in [0.2, 0.25) is 5.24 Å². The molecule has 111 heavy (non-hydrogen) atoms. The summed E-state index contributed by atoms with van der Waals surface area (Å²) in [5, 5.41) is 52.2. The standard InChI is InChI=1S/C23H35N.C22H33NO.C21H31NO2.C19H30O3.C5H10NO2P.C2H3ClO.4CH4/c1-15-10-11-22(3)17(12-15)6-8-19-20-9-7-18(14-24-5)23(20,4)13-16(2)21(19)22;1-14-12-22(3)16(13-23-4)6-8-19(22)18-7-5-15-11-17(24)9-10-21(15,2)20(14)18;1-20-9-8-15(23)10-13(20)4-6-16-17-7-5-14(12-22-3)21(17,2)11-18(24)19(16)20;1-18-8-7-12(20)9-11(18)3-4-13-14-5-6-16(22)19(14,2)10-15(21)17(13)18;1-4-8-9(3,7)5-6-2;1-2(3)4;;;;/h14-17,19-21H,6-13H2,1-4H3;13-15,17-20,24H,5-12H2,1-3H3;12-13,15-19,23-24H,4-11H2,1-2H3;11-15,17,20-21H,3-10H2,1-2H3;4-5H2,1,3H3;1H3;4*1H4/b18-14-;16-13-;14-12-;;;;;;;/t15-,16+,17-,19+,20?,21+,22+,23-;14-,15+,17+,18-,19-,20-,21-,22+;13-,15-,16+,17?,18+,19-,20+,21-;11-,12-,13+,14+,15+,17-,18+,19+;;;;;;/m1011....../s1. The largest absolute Gasteiger partial charge is 0.393 e. The Morgan fingerprint density at radius 2 is 0.766 bits per heavy atom. The summed E-state index contributed by atoms with van der Waals surface area (Å²) >= 11 is 4.64. The number of hydrogen-bond donors (Lipinski definition) is 5. The van der Waals surface area contributed by atoms with E-state index < -0.39 is 7.37 Å². The molecule has 33 atom stereocenters. The number of aliphatic hydroxyl groups excluding tert-OH is 5. The zero-order chi connectivity index (χ0) is 77.9. The van der Waals surface area contributed by atoms with Crippen molar-refractivity contribution in [3.05, 3.63) is 81.0 Å². The van der Waals surface area contributed by atoms with Gasteiger partial charge in [-0.05, 0) is 361 Å². The molecule has 16 rings (SSSR count). The van der Waals surface area contributed by atoms with Gasteiger partial charge in [-0.15, -0.1) is 0 Å².